The number of carboxylic acids is 1. The second-order valence-electron chi connectivity index (χ2n) is 3.05. The lowest BCUT2D eigenvalue weighted by atomic mass is 10.2. The fourth-order valence-electron chi connectivity index (χ4n) is 1.18. The Morgan fingerprint density at radius 2 is 2.11 bits per heavy atom. The highest BCUT2D eigenvalue weighted by atomic mass is 127. The van der Waals surface area contributed by atoms with Crippen molar-refractivity contribution in [2.45, 2.75) is 12.8 Å². The van der Waals surface area contributed by atoms with Crippen LogP contribution in [0.1, 0.15) is 5.56 Å². The molecule has 1 aromatic rings. The summed E-state index contributed by atoms with van der Waals surface area (Å²) in [7, 11) is 1.15. The lowest BCUT2D eigenvalue weighted by molar-refractivity contribution is -0.275. The Bertz CT molecular complexity index is 464. The van der Waals surface area contributed by atoms with Gasteiger partial charge < -0.3 is 14.6 Å². The molecule has 0 unspecified atom stereocenters. The minimum atomic E-state index is -4.94. The number of pyridine rings is 1. The molecule has 0 radical (unpaired) electrons. The van der Waals surface area contributed by atoms with E-state index in [9.17, 15) is 18.0 Å². The van der Waals surface area contributed by atoms with Crippen molar-refractivity contribution in [1.82, 2.24) is 4.98 Å². The van der Waals surface area contributed by atoms with Gasteiger partial charge in [-0.1, -0.05) is 0 Å². The Labute approximate surface area is 113 Å². The first-order valence-electron chi connectivity index (χ1n) is 4.43. The van der Waals surface area contributed by atoms with Crippen molar-refractivity contribution < 1.29 is 32.5 Å². The third-order valence-corrected chi connectivity index (χ3v) is 2.55. The molecule has 0 bridgehead atoms. The first kappa shape index (κ1) is 14.8. The second-order valence-corrected chi connectivity index (χ2v) is 4.08. The predicted molar refractivity (Wildman–Crippen MR) is 61.5 cm³/mol. The Morgan fingerprint density at radius 3 is 2.56 bits per heavy atom. The lowest BCUT2D eigenvalue weighted by Gasteiger charge is -2.16. The number of nitrogens with zero attached hydrogens (tertiary/aromatic N) is 1. The van der Waals surface area contributed by atoms with Gasteiger partial charge in [-0.3, -0.25) is 4.79 Å². The van der Waals surface area contributed by atoms with Crippen molar-refractivity contribution >= 4 is 28.6 Å². The van der Waals surface area contributed by atoms with Crippen LogP contribution in [0.3, 0.4) is 0 Å². The van der Waals surface area contributed by atoms with Gasteiger partial charge in [0.15, 0.2) is 11.5 Å². The molecule has 18 heavy (non-hydrogen) atoms. The maximum atomic E-state index is 12.3. The molecule has 1 rings (SSSR count). The highest BCUT2D eigenvalue weighted by Crippen LogP contribution is 2.37. The molecule has 1 N–H and O–H groups in total. The van der Waals surface area contributed by atoms with E-state index < -0.39 is 24.5 Å². The van der Waals surface area contributed by atoms with E-state index >= 15 is 0 Å². The van der Waals surface area contributed by atoms with Gasteiger partial charge in [-0.25, -0.2) is 4.98 Å². The zero-order chi connectivity index (χ0) is 13.9. The van der Waals surface area contributed by atoms with E-state index in [-0.39, 0.29) is 15.0 Å². The summed E-state index contributed by atoms with van der Waals surface area (Å²) < 4.78 is 45.5. The van der Waals surface area contributed by atoms with Gasteiger partial charge in [0.05, 0.1) is 13.5 Å². The van der Waals surface area contributed by atoms with E-state index in [1.54, 1.807) is 22.6 Å². The van der Waals surface area contributed by atoms with Crippen LogP contribution in [-0.2, 0) is 11.2 Å². The van der Waals surface area contributed by atoms with E-state index in [4.69, 9.17) is 9.84 Å². The van der Waals surface area contributed by atoms with E-state index in [0.29, 0.717) is 0 Å². The number of carboxylic acid groups (broad SMARTS) is 1. The monoisotopic (exact) mass is 377 g/mol. The van der Waals surface area contributed by atoms with Crippen molar-refractivity contribution in [2.75, 3.05) is 7.11 Å². The second kappa shape index (κ2) is 5.59. The summed E-state index contributed by atoms with van der Waals surface area (Å²) in [5.74, 6) is -2.22. The van der Waals surface area contributed by atoms with Crippen LogP contribution in [0.25, 0.3) is 0 Å². The van der Waals surface area contributed by atoms with Crippen molar-refractivity contribution in [3.8, 4) is 11.5 Å². The third-order valence-electron chi connectivity index (χ3n) is 1.78. The Morgan fingerprint density at radius 1 is 1.50 bits per heavy atom. The van der Waals surface area contributed by atoms with Crippen LogP contribution < -0.4 is 9.47 Å². The van der Waals surface area contributed by atoms with Gasteiger partial charge >= 0.3 is 12.3 Å². The summed E-state index contributed by atoms with van der Waals surface area (Å²) >= 11 is 1.66. The maximum absolute atomic E-state index is 12.3. The number of hydrogen-bond acceptors (Lipinski definition) is 4. The summed E-state index contributed by atoms with van der Waals surface area (Å²) in [6, 6.07) is 0. The molecule has 9 heteroatoms. The molecule has 0 fully saturated rings. The molecule has 0 aliphatic carbocycles. The Kier molecular flexibility index (Phi) is 4.59. The van der Waals surface area contributed by atoms with Crippen LogP contribution in [0.5, 0.6) is 11.5 Å². The van der Waals surface area contributed by atoms with E-state index in [2.05, 4.69) is 9.72 Å². The van der Waals surface area contributed by atoms with Crippen molar-refractivity contribution in [3.05, 3.63) is 15.5 Å². The summed E-state index contributed by atoms with van der Waals surface area (Å²) in [5.41, 5.74) is -0.211. The summed E-state index contributed by atoms with van der Waals surface area (Å²) in [6.45, 7) is 0. The van der Waals surface area contributed by atoms with Gasteiger partial charge in [0, 0.05) is 11.8 Å². The first-order valence-corrected chi connectivity index (χ1v) is 5.51. The minimum absolute atomic E-state index is 0.142. The number of aliphatic carboxylic acids is 1. The summed E-state index contributed by atoms with van der Waals surface area (Å²) in [6.07, 6.45) is -4.57. The molecule has 0 aliphatic rings. The smallest absolute Gasteiger partial charge is 0.490 e. The highest BCUT2D eigenvalue weighted by molar-refractivity contribution is 14.1. The fraction of sp³-hybridized carbons (Fsp3) is 0.333. The maximum Gasteiger partial charge on any atom is 0.573 e. The molecule has 0 amide bonds. The zero-order valence-corrected chi connectivity index (χ0v) is 11.1. The van der Waals surface area contributed by atoms with E-state index in [1.807, 2.05) is 0 Å². The van der Waals surface area contributed by atoms with Crippen molar-refractivity contribution in [3.63, 3.8) is 0 Å². The number of carbonyl (C=O) groups is 1. The average Bonchev–Trinajstić information content (AvgIpc) is 2.20. The van der Waals surface area contributed by atoms with E-state index in [1.165, 1.54) is 0 Å². The van der Waals surface area contributed by atoms with Crippen molar-refractivity contribution in [2.24, 2.45) is 0 Å². The molecule has 0 aromatic carbocycles. The largest absolute Gasteiger partial charge is 0.573 e. The van der Waals surface area contributed by atoms with Crippen molar-refractivity contribution in [1.29, 1.82) is 0 Å². The number of methoxy groups -OCH3 is 1. The van der Waals surface area contributed by atoms with Gasteiger partial charge in [-0.05, 0) is 22.6 Å². The Hall–Kier alpha value is -1.26. The minimum Gasteiger partial charge on any atom is -0.490 e. The van der Waals surface area contributed by atoms with Crippen LogP contribution in [0.4, 0.5) is 13.2 Å². The topological polar surface area (TPSA) is 68.7 Å². The molecule has 0 aliphatic heterocycles. The quantitative estimate of drug-likeness (QED) is 0.644. The summed E-state index contributed by atoms with van der Waals surface area (Å²) in [4.78, 5) is 14.3. The van der Waals surface area contributed by atoms with Crippen LogP contribution in [-0.4, -0.2) is 29.5 Å². The number of hydrogen-bond donors (Lipinski definition) is 1. The van der Waals surface area contributed by atoms with Gasteiger partial charge in [0.25, 0.3) is 0 Å². The molecular weight excluding hydrogens is 370 g/mol. The SMILES string of the molecule is COc1c(I)ncc(CC(=O)O)c1OC(F)(F)F. The standard InChI is InChI=1S/C9H7F3INO4/c1-17-7-6(18-9(10,11)12)4(2-5(15)16)3-14-8(7)13/h3H,2H2,1H3,(H,15,16). The Balaban J connectivity index is 3.29. The van der Waals surface area contributed by atoms with Gasteiger partial charge in [0.1, 0.15) is 3.70 Å². The lowest BCUT2D eigenvalue weighted by Crippen LogP contribution is -2.20. The van der Waals surface area contributed by atoms with E-state index in [0.717, 1.165) is 13.3 Å². The molecule has 0 saturated carbocycles. The van der Waals surface area contributed by atoms with Gasteiger partial charge in [0.2, 0.25) is 0 Å². The average molecular weight is 377 g/mol. The molecule has 0 atom stereocenters. The number of halogens is 4. The number of alkyl halides is 3. The zero-order valence-electron chi connectivity index (χ0n) is 8.92. The highest BCUT2D eigenvalue weighted by Gasteiger charge is 2.34. The molecule has 5 nitrogen and oxygen atoms in total. The van der Waals surface area contributed by atoms with Gasteiger partial charge in [-0.15, -0.1) is 13.2 Å². The molecule has 1 heterocycles. The van der Waals surface area contributed by atoms with Crippen LogP contribution in [0.15, 0.2) is 6.20 Å². The summed E-state index contributed by atoms with van der Waals surface area (Å²) in [5, 5.41) is 8.62. The number of aromatic nitrogens is 1. The fourth-order valence-corrected chi connectivity index (χ4v) is 1.79. The molecule has 0 saturated heterocycles. The van der Waals surface area contributed by atoms with Crippen LogP contribution in [0, 0.1) is 3.70 Å². The number of ether oxygens (including phenoxy) is 2. The van der Waals surface area contributed by atoms with Crippen LogP contribution >= 0.6 is 22.6 Å². The van der Waals surface area contributed by atoms with Crippen LogP contribution in [0.2, 0.25) is 0 Å². The predicted octanol–water partition coefficient (Wildman–Crippen LogP) is 2.22. The number of rotatable bonds is 4. The molecule has 100 valence electrons. The molecular formula is C9H7F3INO4. The van der Waals surface area contributed by atoms with Gasteiger partial charge in [-0.2, -0.15) is 0 Å². The third kappa shape index (κ3) is 3.89. The first-order chi connectivity index (χ1) is 8.24. The molecule has 1 aromatic heterocycles. The normalized spacial score (nSPS) is 11.2. The molecule has 0 spiro atoms.